The van der Waals surface area contributed by atoms with E-state index in [0.29, 0.717) is 11.8 Å². The second-order valence-electron chi connectivity index (χ2n) is 8.22. The van der Waals surface area contributed by atoms with E-state index >= 15 is 0 Å². The van der Waals surface area contributed by atoms with Crippen LogP contribution in [0.1, 0.15) is 69.2 Å². The van der Waals surface area contributed by atoms with Gasteiger partial charge in [-0.25, -0.2) is 11.6 Å². The summed E-state index contributed by atoms with van der Waals surface area (Å²) in [5.41, 5.74) is 10.3. The maximum atomic E-state index is 3.36. The third-order valence-electron chi connectivity index (χ3n) is 6.32. The Morgan fingerprint density at radius 3 is 2.07 bits per heavy atom. The van der Waals surface area contributed by atoms with E-state index in [-0.39, 0.29) is 51.0 Å². The van der Waals surface area contributed by atoms with Crippen LogP contribution in [0.3, 0.4) is 0 Å². The van der Waals surface area contributed by atoms with Crippen molar-refractivity contribution >= 4 is 0 Å². The summed E-state index contributed by atoms with van der Waals surface area (Å²) in [4.78, 5) is 0. The number of benzene rings is 1. The van der Waals surface area contributed by atoms with Gasteiger partial charge in [-0.2, -0.15) is 33.9 Å². The smallest absolute Gasteiger partial charge is 1.00 e. The Bertz CT molecular complexity index is 830. The summed E-state index contributed by atoms with van der Waals surface area (Å²) in [7, 11) is 0. The molecule has 0 nitrogen and oxygen atoms in total. The van der Waals surface area contributed by atoms with Gasteiger partial charge < -0.3 is 24.8 Å². The van der Waals surface area contributed by atoms with Crippen LogP contribution in [0.2, 0.25) is 0 Å². The number of allylic oxidation sites excluding steroid dienone is 4. The fourth-order valence-corrected chi connectivity index (χ4v) is 4.43. The predicted octanol–water partition coefficient (Wildman–Crippen LogP) is 1.16. The van der Waals surface area contributed by atoms with Gasteiger partial charge in [-0.05, 0) is 18.3 Å². The van der Waals surface area contributed by atoms with Crippen LogP contribution in [-0.4, -0.2) is 0 Å². The monoisotopic (exact) mass is 504 g/mol. The molecule has 0 bridgehead atoms. The van der Waals surface area contributed by atoms with E-state index in [9.17, 15) is 0 Å². The number of hydrogen-bond donors (Lipinski definition) is 0. The Hall–Kier alpha value is -0.487. The van der Waals surface area contributed by atoms with Crippen LogP contribution in [0.25, 0.3) is 0 Å². The van der Waals surface area contributed by atoms with Crippen molar-refractivity contribution in [1.29, 1.82) is 0 Å². The second kappa shape index (κ2) is 12.4. The Morgan fingerprint density at radius 2 is 1.59 bits per heavy atom. The largest absolute Gasteiger partial charge is 4.00 e. The van der Waals surface area contributed by atoms with E-state index in [1.807, 2.05) is 0 Å². The molecule has 2 aromatic carbocycles. The van der Waals surface area contributed by atoms with Gasteiger partial charge in [0.15, 0.2) is 0 Å². The van der Waals surface area contributed by atoms with Gasteiger partial charge in [-0.3, -0.25) is 6.08 Å². The SMILES string of the molecule is CC1=[C-]C(C)C(C)=C1C.Cc1cc2c([cH-]1)CCC(C)C2c1ccccc1.[Cl-].[Cl-].[Zr+4]. The van der Waals surface area contributed by atoms with Crippen LogP contribution < -0.4 is 24.8 Å². The van der Waals surface area contributed by atoms with Crippen LogP contribution >= 0.6 is 0 Å². The third kappa shape index (κ3) is 6.49. The molecule has 2 aromatic rings. The van der Waals surface area contributed by atoms with Crippen LogP contribution in [0.15, 0.2) is 59.2 Å². The molecule has 154 valence electrons. The first-order valence-electron chi connectivity index (χ1n) is 9.97. The molecule has 0 saturated heterocycles. The van der Waals surface area contributed by atoms with E-state index in [2.05, 4.69) is 90.1 Å². The summed E-state index contributed by atoms with van der Waals surface area (Å²) >= 11 is 0. The minimum absolute atomic E-state index is 0. The molecule has 0 fully saturated rings. The van der Waals surface area contributed by atoms with Crippen molar-refractivity contribution in [2.75, 3.05) is 0 Å². The zero-order valence-electron chi connectivity index (χ0n) is 18.4. The number of aryl methyl sites for hydroxylation is 2. The Kier molecular flexibility index (Phi) is 12.2. The molecular weight excluding hydrogens is 474 g/mol. The van der Waals surface area contributed by atoms with Gasteiger partial charge in [-0.15, -0.1) is 6.92 Å². The molecule has 3 heteroatoms. The van der Waals surface area contributed by atoms with Crippen molar-refractivity contribution in [2.24, 2.45) is 11.8 Å². The van der Waals surface area contributed by atoms with Crippen LogP contribution in [0, 0.1) is 24.8 Å². The van der Waals surface area contributed by atoms with Crippen LogP contribution in [0.5, 0.6) is 0 Å². The van der Waals surface area contributed by atoms with Gasteiger partial charge >= 0.3 is 26.2 Å². The quantitative estimate of drug-likeness (QED) is 0.510. The summed E-state index contributed by atoms with van der Waals surface area (Å²) in [5.74, 6) is 1.92. The first-order chi connectivity index (χ1) is 12.4. The maximum Gasteiger partial charge on any atom is 4.00 e. The molecule has 0 amide bonds. The van der Waals surface area contributed by atoms with Crippen molar-refractivity contribution in [3.05, 3.63) is 87.5 Å². The van der Waals surface area contributed by atoms with Crippen LogP contribution in [-0.2, 0) is 32.6 Å². The average molecular weight is 507 g/mol. The zero-order valence-corrected chi connectivity index (χ0v) is 22.4. The molecule has 0 aliphatic heterocycles. The first kappa shape index (κ1) is 28.5. The number of hydrogen-bond acceptors (Lipinski definition) is 0. The topological polar surface area (TPSA) is 0 Å². The van der Waals surface area contributed by atoms with Crippen molar-refractivity contribution in [2.45, 2.75) is 60.3 Å². The number of fused-ring (bicyclic) bond motifs is 1. The third-order valence-corrected chi connectivity index (χ3v) is 6.32. The van der Waals surface area contributed by atoms with Crippen molar-refractivity contribution in [3.63, 3.8) is 0 Å². The van der Waals surface area contributed by atoms with E-state index < -0.39 is 0 Å². The summed E-state index contributed by atoms with van der Waals surface area (Å²) < 4.78 is 0. The molecule has 0 heterocycles. The van der Waals surface area contributed by atoms with Crippen molar-refractivity contribution in [3.8, 4) is 0 Å². The van der Waals surface area contributed by atoms with E-state index in [1.165, 1.54) is 40.7 Å². The first-order valence-corrected chi connectivity index (χ1v) is 9.97. The van der Waals surface area contributed by atoms with Gasteiger partial charge in [0.2, 0.25) is 0 Å². The van der Waals surface area contributed by atoms with Gasteiger partial charge in [0, 0.05) is 0 Å². The minimum atomic E-state index is 0. The predicted molar refractivity (Wildman–Crippen MR) is 113 cm³/mol. The van der Waals surface area contributed by atoms with Gasteiger partial charge in [-0.1, -0.05) is 82.9 Å². The zero-order chi connectivity index (χ0) is 18.8. The molecule has 4 rings (SSSR count). The molecule has 2 aliphatic carbocycles. The standard InChI is InChI=1S/C17H19.C9H13.2ClH.Zr/c1-12-10-15-9-8-13(2)17(16(15)11-12)14-6-4-3-5-7-14;1-6-5-7(2)9(4)8(6)3;;;/h3-7,10-11,13,17H,8-9H2,1-2H3;6H,1-4H3;2*1H;/q2*-1;;;+4/p-2. The normalized spacial score (nSPS) is 22.1. The molecule has 0 radical (unpaired) electrons. The second-order valence-corrected chi connectivity index (χ2v) is 8.22. The Morgan fingerprint density at radius 1 is 0.966 bits per heavy atom. The van der Waals surface area contributed by atoms with Crippen molar-refractivity contribution in [1.82, 2.24) is 0 Å². The van der Waals surface area contributed by atoms with Crippen molar-refractivity contribution < 1.29 is 51.0 Å². The Labute approximate surface area is 209 Å². The van der Waals surface area contributed by atoms with Gasteiger partial charge in [0.05, 0.1) is 0 Å². The summed E-state index contributed by atoms with van der Waals surface area (Å²) in [5, 5.41) is 0. The molecule has 29 heavy (non-hydrogen) atoms. The van der Waals surface area contributed by atoms with E-state index in [1.54, 1.807) is 11.1 Å². The maximum absolute atomic E-state index is 3.36. The Balaban J connectivity index is 0.000000569. The minimum Gasteiger partial charge on any atom is -1.00 e. The average Bonchev–Trinajstić information content (AvgIpc) is 3.10. The molecule has 0 spiro atoms. The van der Waals surface area contributed by atoms with Gasteiger partial charge in [0.25, 0.3) is 0 Å². The molecular formula is C26H32Cl2Zr. The molecule has 0 aromatic heterocycles. The number of rotatable bonds is 1. The summed E-state index contributed by atoms with van der Waals surface area (Å²) in [6.45, 7) is 13.3. The van der Waals surface area contributed by atoms with E-state index in [4.69, 9.17) is 0 Å². The molecule has 3 unspecified atom stereocenters. The molecule has 2 aliphatic rings. The van der Waals surface area contributed by atoms with E-state index in [0.717, 1.165) is 5.92 Å². The molecule has 3 atom stereocenters. The summed E-state index contributed by atoms with van der Waals surface area (Å²) in [6, 6.07) is 15.7. The summed E-state index contributed by atoms with van der Waals surface area (Å²) in [6.07, 6.45) is 5.93. The molecule has 0 saturated carbocycles. The van der Waals surface area contributed by atoms with Crippen LogP contribution in [0.4, 0.5) is 0 Å². The fraction of sp³-hybridized carbons (Fsp3) is 0.423. The fourth-order valence-electron chi connectivity index (χ4n) is 4.43. The molecule has 0 N–H and O–H groups in total. The number of halogens is 2. The van der Waals surface area contributed by atoms with Gasteiger partial charge in [0.1, 0.15) is 0 Å².